The van der Waals surface area contributed by atoms with Crippen LogP contribution in [0, 0.1) is 0 Å². The molecule has 3 aliphatic heterocycles. The average molecular weight is 352 g/mol. The van der Waals surface area contributed by atoms with Gasteiger partial charge >= 0.3 is 7.82 Å². The van der Waals surface area contributed by atoms with Crippen LogP contribution in [0.15, 0.2) is 0 Å². The minimum atomic E-state index is -3.70. The molecule has 9 heteroatoms. The molecule has 0 aliphatic carbocycles. The van der Waals surface area contributed by atoms with Gasteiger partial charge in [-0.25, -0.2) is 4.57 Å². The van der Waals surface area contributed by atoms with Gasteiger partial charge in [0.1, 0.15) is 17.8 Å². The standard InChI is InChI=1S/C14H25O8P/c1-9-4-11(17-3)12(20-9)6-18-23(16)19-8-14(7-15)13(22-23)5-10(2)21-14/h9-13,15H,4-8H2,1-3H3/t9-,10-,11-,12+,13-,14-,23?/m0/s1. The fourth-order valence-corrected chi connectivity index (χ4v) is 4.91. The van der Waals surface area contributed by atoms with Crippen molar-refractivity contribution >= 4 is 7.82 Å². The molecule has 23 heavy (non-hydrogen) atoms. The van der Waals surface area contributed by atoms with Crippen molar-refractivity contribution in [2.75, 3.05) is 26.9 Å². The molecule has 3 fully saturated rings. The number of ether oxygens (including phenoxy) is 3. The summed E-state index contributed by atoms with van der Waals surface area (Å²) in [5.41, 5.74) is -0.954. The Bertz CT molecular complexity index is 474. The van der Waals surface area contributed by atoms with Crippen molar-refractivity contribution in [1.82, 2.24) is 0 Å². The molecule has 0 aromatic heterocycles. The maximum atomic E-state index is 12.7. The van der Waals surface area contributed by atoms with Crippen molar-refractivity contribution in [3.05, 3.63) is 0 Å². The summed E-state index contributed by atoms with van der Waals surface area (Å²) in [5, 5.41) is 9.59. The minimum absolute atomic E-state index is 0.0224. The zero-order valence-corrected chi connectivity index (χ0v) is 14.6. The van der Waals surface area contributed by atoms with Gasteiger partial charge in [-0.1, -0.05) is 0 Å². The van der Waals surface area contributed by atoms with Crippen molar-refractivity contribution in [1.29, 1.82) is 0 Å². The second kappa shape index (κ2) is 6.69. The molecule has 1 N–H and O–H groups in total. The summed E-state index contributed by atoms with van der Waals surface area (Å²) in [4.78, 5) is 0. The first-order chi connectivity index (χ1) is 10.9. The summed E-state index contributed by atoms with van der Waals surface area (Å²) in [6.45, 7) is 3.62. The highest BCUT2D eigenvalue weighted by Gasteiger charge is 2.56. The first-order valence-electron chi connectivity index (χ1n) is 7.94. The quantitative estimate of drug-likeness (QED) is 0.739. The molecule has 0 spiro atoms. The lowest BCUT2D eigenvalue weighted by Gasteiger charge is -2.38. The normalized spacial score (nSPS) is 50.2. The van der Waals surface area contributed by atoms with Gasteiger partial charge in [-0.15, -0.1) is 0 Å². The topological polar surface area (TPSA) is 92.7 Å². The van der Waals surface area contributed by atoms with Crippen LogP contribution in [0.5, 0.6) is 0 Å². The molecule has 3 rings (SSSR count). The zero-order chi connectivity index (χ0) is 16.7. The van der Waals surface area contributed by atoms with Crippen LogP contribution in [-0.4, -0.2) is 68.2 Å². The smallest absolute Gasteiger partial charge is 0.393 e. The monoisotopic (exact) mass is 352 g/mol. The summed E-state index contributed by atoms with van der Waals surface area (Å²) in [5.74, 6) is 0. The Morgan fingerprint density at radius 1 is 1.30 bits per heavy atom. The maximum Gasteiger partial charge on any atom is 0.475 e. The van der Waals surface area contributed by atoms with Crippen LogP contribution in [0.3, 0.4) is 0 Å². The predicted octanol–water partition coefficient (Wildman–Crippen LogP) is 1.26. The zero-order valence-electron chi connectivity index (χ0n) is 13.7. The third-order valence-electron chi connectivity index (χ3n) is 4.65. The maximum absolute atomic E-state index is 12.7. The number of phosphoric acid groups is 1. The van der Waals surface area contributed by atoms with Gasteiger partial charge in [-0.2, -0.15) is 0 Å². The third-order valence-corrected chi connectivity index (χ3v) is 6.07. The molecular formula is C14H25O8P. The van der Waals surface area contributed by atoms with Gasteiger partial charge in [0, 0.05) is 20.0 Å². The van der Waals surface area contributed by atoms with Crippen molar-refractivity contribution in [2.45, 2.75) is 62.8 Å². The Kier molecular flexibility index (Phi) is 5.17. The van der Waals surface area contributed by atoms with E-state index in [1.165, 1.54) is 0 Å². The summed E-state index contributed by atoms with van der Waals surface area (Å²) >= 11 is 0. The lowest BCUT2D eigenvalue weighted by atomic mass is 9.98. The van der Waals surface area contributed by atoms with Crippen LogP contribution in [0.4, 0.5) is 0 Å². The van der Waals surface area contributed by atoms with Crippen molar-refractivity contribution in [3.63, 3.8) is 0 Å². The van der Waals surface area contributed by atoms with Gasteiger partial charge in [0.15, 0.2) is 0 Å². The van der Waals surface area contributed by atoms with Crippen LogP contribution in [0.1, 0.15) is 26.7 Å². The molecular weight excluding hydrogens is 327 g/mol. The molecule has 0 amide bonds. The van der Waals surface area contributed by atoms with Crippen molar-refractivity contribution in [2.24, 2.45) is 0 Å². The summed E-state index contributed by atoms with van der Waals surface area (Å²) in [6.07, 6.45) is 0.341. The van der Waals surface area contributed by atoms with Crippen LogP contribution >= 0.6 is 7.82 Å². The van der Waals surface area contributed by atoms with E-state index in [1.54, 1.807) is 7.11 Å². The first-order valence-corrected chi connectivity index (χ1v) is 9.40. The lowest BCUT2D eigenvalue weighted by molar-refractivity contribution is -0.154. The molecule has 3 saturated heterocycles. The SMILES string of the molecule is CO[C@H]1C[C@H](C)O[C@@H]1COP1(=O)OC[C@]2(CO)O[C@@H](C)C[C@@H]2O1. The number of methoxy groups -OCH3 is 1. The number of hydrogen-bond donors (Lipinski definition) is 1. The van der Waals surface area contributed by atoms with Gasteiger partial charge in [0.2, 0.25) is 0 Å². The first kappa shape index (κ1) is 17.8. The molecule has 134 valence electrons. The number of aliphatic hydroxyl groups excluding tert-OH is 1. The van der Waals surface area contributed by atoms with Gasteiger partial charge in [0.25, 0.3) is 0 Å². The van der Waals surface area contributed by atoms with E-state index >= 15 is 0 Å². The van der Waals surface area contributed by atoms with Crippen LogP contribution in [0.25, 0.3) is 0 Å². The van der Waals surface area contributed by atoms with Crippen molar-refractivity contribution in [3.8, 4) is 0 Å². The van der Waals surface area contributed by atoms with Gasteiger partial charge in [-0.05, 0) is 13.8 Å². The van der Waals surface area contributed by atoms with E-state index in [0.717, 1.165) is 6.42 Å². The largest absolute Gasteiger partial charge is 0.475 e. The van der Waals surface area contributed by atoms with E-state index in [2.05, 4.69) is 0 Å². The highest BCUT2D eigenvalue weighted by atomic mass is 31.2. The molecule has 8 nitrogen and oxygen atoms in total. The number of aliphatic hydroxyl groups is 1. The number of rotatable bonds is 5. The van der Waals surface area contributed by atoms with Crippen LogP contribution in [0.2, 0.25) is 0 Å². The van der Waals surface area contributed by atoms with Gasteiger partial charge < -0.3 is 19.3 Å². The molecule has 0 bridgehead atoms. The summed E-state index contributed by atoms with van der Waals surface area (Å²) < 4.78 is 45.7. The molecule has 1 unspecified atom stereocenters. The number of hydrogen-bond acceptors (Lipinski definition) is 8. The van der Waals surface area contributed by atoms with E-state index in [9.17, 15) is 9.67 Å². The molecule has 0 saturated carbocycles. The summed E-state index contributed by atoms with van der Waals surface area (Å²) in [7, 11) is -2.09. The third kappa shape index (κ3) is 3.50. The Balaban J connectivity index is 1.60. The fourth-order valence-electron chi connectivity index (χ4n) is 3.41. The Morgan fingerprint density at radius 3 is 2.78 bits per heavy atom. The van der Waals surface area contributed by atoms with E-state index in [-0.39, 0.29) is 44.2 Å². The van der Waals surface area contributed by atoms with Crippen molar-refractivity contribution < 1.29 is 37.5 Å². The summed E-state index contributed by atoms with van der Waals surface area (Å²) in [6, 6.07) is 0. The van der Waals surface area contributed by atoms with E-state index in [4.69, 9.17) is 27.8 Å². The second-order valence-electron chi connectivity index (χ2n) is 6.49. The molecule has 0 aromatic carbocycles. The van der Waals surface area contributed by atoms with E-state index in [0.29, 0.717) is 6.42 Å². The fraction of sp³-hybridized carbons (Fsp3) is 1.00. The van der Waals surface area contributed by atoms with E-state index in [1.807, 2.05) is 13.8 Å². The lowest BCUT2D eigenvalue weighted by Crippen LogP contribution is -2.51. The molecule has 7 atom stereocenters. The average Bonchev–Trinajstić information content (AvgIpc) is 3.04. The predicted molar refractivity (Wildman–Crippen MR) is 79.1 cm³/mol. The van der Waals surface area contributed by atoms with E-state index < -0.39 is 19.5 Å². The minimum Gasteiger partial charge on any atom is -0.393 e. The van der Waals surface area contributed by atoms with Gasteiger partial charge in [-0.3, -0.25) is 13.6 Å². The molecule has 0 aromatic rings. The Hall–Kier alpha value is -0.0500. The second-order valence-corrected chi connectivity index (χ2v) is 8.11. The Morgan fingerprint density at radius 2 is 2.09 bits per heavy atom. The molecule has 3 aliphatic rings. The number of fused-ring (bicyclic) bond motifs is 1. The highest BCUT2D eigenvalue weighted by molar-refractivity contribution is 7.48. The Labute approximate surface area is 135 Å². The molecule has 3 heterocycles. The van der Waals surface area contributed by atoms with Crippen LogP contribution < -0.4 is 0 Å². The molecule has 0 radical (unpaired) electrons. The highest BCUT2D eigenvalue weighted by Crippen LogP contribution is 2.58. The number of phosphoric ester groups is 1. The van der Waals surface area contributed by atoms with Gasteiger partial charge in [0.05, 0.1) is 38.1 Å². The van der Waals surface area contributed by atoms with Crippen LogP contribution in [-0.2, 0) is 32.3 Å².